The molecule has 0 atom stereocenters. The Morgan fingerprint density at radius 1 is 1.41 bits per heavy atom. The molecule has 0 fully saturated rings. The van der Waals surface area contributed by atoms with Crippen LogP contribution in [0.5, 0.6) is 5.75 Å². The van der Waals surface area contributed by atoms with E-state index in [1.807, 2.05) is 0 Å². The molecule has 0 spiro atoms. The molecular weight excluding hydrogens is 271 g/mol. The largest absolute Gasteiger partial charge is 0.493 e. The molecule has 0 saturated heterocycles. The van der Waals surface area contributed by atoms with Gasteiger partial charge < -0.3 is 10.5 Å². The van der Waals surface area contributed by atoms with Crippen LogP contribution in [0.1, 0.15) is 5.56 Å². The van der Waals surface area contributed by atoms with E-state index in [0.717, 1.165) is 0 Å². The fourth-order valence-electron chi connectivity index (χ4n) is 1.06. The van der Waals surface area contributed by atoms with Gasteiger partial charge in [0.1, 0.15) is 10.7 Å². The van der Waals surface area contributed by atoms with E-state index in [2.05, 4.69) is 0 Å². The summed E-state index contributed by atoms with van der Waals surface area (Å²) in [4.78, 5) is 0.222. The number of nitrogens with two attached hydrogens (primary N) is 1. The van der Waals surface area contributed by atoms with Crippen LogP contribution in [0.2, 0.25) is 0 Å². The minimum atomic E-state index is -4.22. The maximum absolute atomic E-state index is 11.8. The Morgan fingerprint density at radius 3 is 2.71 bits per heavy atom. The highest BCUT2D eigenvalue weighted by molar-refractivity contribution is 8.00. The van der Waals surface area contributed by atoms with Crippen LogP contribution in [0.15, 0.2) is 24.3 Å². The van der Waals surface area contributed by atoms with Crippen LogP contribution >= 0.6 is 24.0 Å². The molecule has 17 heavy (non-hydrogen) atoms. The SMILES string of the molecule is NC(=S)c1cccc(OCCSC(F)(F)F)c1. The number of rotatable bonds is 5. The first-order valence-corrected chi connectivity index (χ1v) is 6.01. The second-order valence-corrected chi connectivity index (χ2v) is 4.63. The Morgan fingerprint density at radius 2 is 2.12 bits per heavy atom. The fraction of sp³-hybridized carbons (Fsp3) is 0.300. The van der Waals surface area contributed by atoms with Crippen LogP contribution in [0.3, 0.4) is 0 Å². The molecule has 2 nitrogen and oxygen atoms in total. The molecule has 2 N–H and O–H groups in total. The number of benzene rings is 1. The molecule has 0 saturated carbocycles. The first kappa shape index (κ1) is 14.1. The average molecular weight is 281 g/mol. The van der Waals surface area contributed by atoms with Crippen molar-refractivity contribution in [1.82, 2.24) is 0 Å². The summed E-state index contributed by atoms with van der Waals surface area (Å²) in [5.74, 6) is 0.305. The van der Waals surface area contributed by atoms with Gasteiger partial charge in [0.15, 0.2) is 0 Å². The van der Waals surface area contributed by atoms with E-state index in [4.69, 9.17) is 22.7 Å². The smallest absolute Gasteiger partial charge is 0.441 e. The molecule has 1 aromatic rings. The fourth-order valence-corrected chi connectivity index (χ4v) is 1.58. The first-order chi connectivity index (χ1) is 7.88. The predicted octanol–water partition coefficient (Wildman–Crippen LogP) is 2.95. The maximum atomic E-state index is 11.8. The lowest BCUT2D eigenvalue weighted by molar-refractivity contribution is -0.0329. The minimum Gasteiger partial charge on any atom is -0.493 e. The zero-order valence-electron chi connectivity index (χ0n) is 8.66. The van der Waals surface area contributed by atoms with E-state index in [9.17, 15) is 13.2 Å². The molecule has 0 heterocycles. The molecule has 0 bridgehead atoms. The highest BCUT2D eigenvalue weighted by Gasteiger charge is 2.27. The van der Waals surface area contributed by atoms with Crippen LogP contribution in [-0.4, -0.2) is 22.9 Å². The van der Waals surface area contributed by atoms with Gasteiger partial charge in [0.05, 0.1) is 6.61 Å². The van der Waals surface area contributed by atoms with E-state index < -0.39 is 5.51 Å². The van der Waals surface area contributed by atoms with Crippen molar-refractivity contribution in [1.29, 1.82) is 0 Å². The van der Waals surface area contributed by atoms with Crippen molar-refractivity contribution in [3.05, 3.63) is 29.8 Å². The summed E-state index contributed by atoms with van der Waals surface area (Å²) in [6.45, 7) is -0.0229. The van der Waals surface area contributed by atoms with Gasteiger partial charge in [-0.15, -0.1) is 0 Å². The number of alkyl halides is 3. The normalized spacial score (nSPS) is 11.2. The van der Waals surface area contributed by atoms with Crippen molar-refractivity contribution in [2.45, 2.75) is 5.51 Å². The number of ether oxygens (including phenoxy) is 1. The zero-order valence-corrected chi connectivity index (χ0v) is 10.3. The second kappa shape index (κ2) is 6.11. The summed E-state index contributed by atoms with van der Waals surface area (Å²) >= 11 is 4.66. The zero-order chi connectivity index (χ0) is 12.9. The third kappa shape index (κ3) is 5.78. The standard InChI is InChI=1S/C10H10F3NOS2/c11-10(12,13)17-5-4-15-8-3-1-2-7(6-8)9(14)16/h1-3,6H,4-5H2,(H2,14,16). The van der Waals surface area contributed by atoms with E-state index in [1.54, 1.807) is 24.3 Å². The predicted molar refractivity (Wildman–Crippen MR) is 66.3 cm³/mol. The van der Waals surface area contributed by atoms with Gasteiger partial charge in [0.2, 0.25) is 0 Å². The molecule has 0 aromatic heterocycles. The van der Waals surface area contributed by atoms with Crippen LogP contribution < -0.4 is 10.5 Å². The molecule has 1 rings (SSSR count). The third-order valence-electron chi connectivity index (χ3n) is 1.74. The monoisotopic (exact) mass is 281 g/mol. The molecule has 0 unspecified atom stereocenters. The lowest BCUT2D eigenvalue weighted by atomic mass is 10.2. The van der Waals surface area contributed by atoms with Crippen molar-refractivity contribution >= 4 is 29.0 Å². The number of hydrogen-bond donors (Lipinski definition) is 1. The number of thioether (sulfide) groups is 1. The van der Waals surface area contributed by atoms with Crippen molar-refractivity contribution in [3.63, 3.8) is 0 Å². The van der Waals surface area contributed by atoms with Gasteiger partial charge in [-0.25, -0.2) is 0 Å². The summed E-state index contributed by atoms with van der Waals surface area (Å²) in [5, 5.41) is 0. The van der Waals surface area contributed by atoms with Crippen molar-refractivity contribution in [2.24, 2.45) is 5.73 Å². The van der Waals surface area contributed by atoms with E-state index >= 15 is 0 Å². The summed E-state index contributed by atoms with van der Waals surface area (Å²) in [6, 6.07) is 6.63. The Kier molecular flexibility index (Phi) is 5.07. The van der Waals surface area contributed by atoms with Gasteiger partial charge in [-0.1, -0.05) is 24.4 Å². The van der Waals surface area contributed by atoms with Crippen LogP contribution in [0, 0.1) is 0 Å². The first-order valence-electron chi connectivity index (χ1n) is 4.62. The van der Waals surface area contributed by atoms with Crippen LogP contribution in [-0.2, 0) is 0 Å². The van der Waals surface area contributed by atoms with Gasteiger partial charge in [-0.05, 0) is 23.9 Å². The number of hydrogen-bond acceptors (Lipinski definition) is 3. The van der Waals surface area contributed by atoms with Crippen molar-refractivity contribution in [3.8, 4) is 5.75 Å². The number of thiocarbonyl (C=S) groups is 1. The Bertz CT molecular complexity index is 395. The lowest BCUT2D eigenvalue weighted by Crippen LogP contribution is -2.10. The van der Waals surface area contributed by atoms with Gasteiger partial charge in [0, 0.05) is 11.3 Å². The lowest BCUT2D eigenvalue weighted by Gasteiger charge is -2.08. The van der Waals surface area contributed by atoms with Gasteiger partial charge in [-0.2, -0.15) is 13.2 Å². The Balaban J connectivity index is 2.42. The van der Waals surface area contributed by atoms with Gasteiger partial charge in [-0.3, -0.25) is 0 Å². The molecule has 0 aliphatic rings. The summed E-state index contributed by atoms with van der Waals surface area (Å²) < 4.78 is 40.6. The quantitative estimate of drug-likeness (QED) is 0.665. The molecule has 1 aromatic carbocycles. The van der Waals surface area contributed by atoms with E-state index in [0.29, 0.717) is 11.3 Å². The summed E-state index contributed by atoms with van der Waals surface area (Å²) in [7, 11) is 0. The van der Waals surface area contributed by atoms with E-state index in [1.165, 1.54) is 0 Å². The Hall–Kier alpha value is -0.950. The van der Waals surface area contributed by atoms with Crippen LogP contribution in [0.4, 0.5) is 13.2 Å². The average Bonchev–Trinajstić information content (AvgIpc) is 2.23. The van der Waals surface area contributed by atoms with Gasteiger partial charge in [0.25, 0.3) is 0 Å². The van der Waals surface area contributed by atoms with Gasteiger partial charge >= 0.3 is 5.51 Å². The van der Waals surface area contributed by atoms with Crippen molar-refractivity contribution in [2.75, 3.05) is 12.4 Å². The molecule has 0 amide bonds. The molecule has 0 radical (unpaired) electrons. The topological polar surface area (TPSA) is 35.2 Å². The molecule has 7 heteroatoms. The molecule has 0 aliphatic heterocycles. The summed E-state index contributed by atoms with van der Waals surface area (Å²) in [5.41, 5.74) is 1.83. The molecule has 0 aliphatic carbocycles. The molecular formula is C10H10F3NOS2. The van der Waals surface area contributed by atoms with Crippen molar-refractivity contribution < 1.29 is 17.9 Å². The highest BCUT2D eigenvalue weighted by Crippen LogP contribution is 2.29. The highest BCUT2D eigenvalue weighted by atomic mass is 32.2. The molecule has 94 valence electrons. The third-order valence-corrected chi connectivity index (χ3v) is 2.67. The summed E-state index contributed by atoms with van der Waals surface area (Å²) in [6.07, 6.45) is 0. The van der Waals surface area contributed by atoms with Crippen LogP contribution in [0.25, 0.3) is 0 Å². The number of halogens is 3. The van der Waals surface area contributed by atoms with E-state index in [-0.39, 0.29) is 29.1 Å². The maximum Gasteiger partial charge on any atom is 0.441 e. The minimum absolute atomic E-state index is 0.0229. The second-order valence-electron chi connectivity index (χ2n) is 3.03. The Labute approximate surface area is 106 Å².